The van der Waals surface area contributed by atoms with E-state index in [1.165, 1.54) is 16.8 Å². The summed E-state index contributed by atoms with van der Waals surface area (Å²) in [7, 11) is 4.14. The normalized spacial score (nSPS) is 11.0. The molecule has 0 radical (unpaired) electrons. The molecule has 126 valence electrons. The van der Waals surface area contributed by atoms with E-state index in [0.29, 0.717) is 6.54 Å². The second-order valence-electron chi connectivity index (χ2n) is 5.62. The first-order valence-electron chi connectivity index (χ1n) is 7.75. The third-order valence-electron chi connectivity index (χ3n) is 3.68. The molecule has 0 saturated carbocycles. The van der Waals surface area contributed by atoms with Gasteiger partial charge in [0.15, 0.2) is 5.96 Å². The molecule has 0 fully saturated rings. The molecule has 1 aromatic heterocycles. The Morgan fingerprint density at radius 2 is 1.91 bits per heavy atom. The summed E-state index contributed by atoms with van der Waals surface area (Å²) in [5, 5.41) is 3.36. The number of aromatic nitrogens is 1. The Bertz CT molecular complexity index is 616. The molecule has 23 heavy (non-hydrogen) atoms. The van der Waals surface area contributed by atoms with Gasteiger partial charge in [0, 0.05) is 32.5 Å². The lowest BCUT2D eigenvalue weighted by atomic mass is 10.1. The maximum Gasteiger partial charge on any atom is 0.194 e. The molecule has 1 heterocycles. The number of guanidine groups is 1. The van der Waals surface area contributed by atoms with Gasteiger partial charge in [-0.2, -0.15) is 0 Å². The maximum absolute atomic E-state index is 4.75. The van der Waals surface area contributed by atoms with Crippen molar-refractivity contribution in [3.63, 3.8) is 0 Å². The Morgan fingerprint density at radius 1 is 1.22 bits per heavy atom. The van der Waals surface area contributed by atoms with E-state index in [1.807, 2.05) is 0 Å². The third kappa shape index (κ3) is 5.89. The van der Waals surface area contributed by atoms with E-state index >= 15 is 0 Å². The molecule has 2 aromatic rings. The number of halogens is 1. The molecule has 0 bridgehead atoms. The largest absolute Gasteiger partial charge is 0.357 e. The molecule has 1 aromatic carbocycles. The van der Waals surface area contributed by atoms with E-state index in [0.717, 1.165) is 19.0 Å². The summed E-state index contributed by atoms with van der Waals surface area (Å²) in [5.74, 6) is 0.935. The summed E-state index contributed by atoms with van der Waals surface area (Å²) < 4.78 is 2.14. The minimum atomic E-state index is 0. The fourth-order valence-corrected chi connectivity index (χ4v) is 2.31. The fourth-order valence-electron chi connectivity index (χ4n) is 2.31. The molecule has 4 nitrogen and oxygen atoms in total. The Hall–Kier alpha value is -1.50. The zero-order chi connectivity index (χ0) is 15.9. The van der Waals surface area contributed by atoms with Crippen LogP contribution in [0.1, 0.15) is 23.7 Å². The van der Waals surface area contributed by atoms with Gasteiger partial charge in [-0.05, 0) is 31.5 Å². The molecule has 0 amide bonds. The van der Waals surface area contributed by atoms with Crippen LogP contribution in [0.5, 0.6) is 0 Å². The Labute approximate surface area is 156 Å². The maximum atomic E-state index is 4.75. The molecule has 0 aliphatic rings. The average molecular weight is 426 g/mol. The second kappa shape index (κ2) is 9.60. The molecule has 2 rings (SSSR count). The monoisotopic (exact) mass is 426 g/mol. The van der Waals surface area contributed by atoms with Gasteiger partial charge < -0.3 is 14.8 Å². The SMILES string of the molecule is CCNC(=NCc1ccc(C)cc1)N(C)Cc1cccn1C.I. The molecule has 0 atom stereocenters. The molecule has 0 spiro atoms. The molecule has 5 heteroatoms. The van der Waals surface area contributed by atoms with E-state index < -0.39 is 0 Å². The van der Waals surface area contributed by atoms with Crippen LogP contribution in [0.25, 0.3) is 0 Å². The van der Waals surface area contributed by atoms with E-state index in [2.05, 4.69) is 85.3 Å². The quantitative estimate of drug-likeness (QED) is 0.451. The van der Waals surface area contributed by atoms with Gasteiger partial charge in [-0.1, -0.05) is 29.8 Å². The van der Waals surface area contributed by atoms with Crippen molar-refractivity contribution in [1.82, 2.24) is 14.8 Å². The Kier molecular flexibility index (Phi) is 8.16. The third-order valence-corrected chi connectivity index (χ3v) is 3.68. The average Bonchev–Trinajstić information content (AvgIpc) is 2.90. The molecule has 0 unspecified atom stereocenters. The van der Waals surface area contributed by atoms with E-state index in [-0.39, 0.29) is 24.0 Å². The fraction of sp³-hybridized carbons (Fsp3) is 0.389. The summed E-state index contributed by atoms with van der Waals surface area (Å²) in [6.07, 6.45) is 2.07. The van der Waals surface area contributed by atoms with Gasteiger partial charge in [0.05, 0.1) is 13.1 Å². The van der Waals surface area contributed by atoms with Crippen LogP contribution in [-0.2, 0) is 20.1 Å². The lowest BCUT2D eigenvalue weighted by Gasteiger charge is -2.22. The van der Waals surface area contributed by atoms with Crippen LogP contribution in [-0.4, -0.2) is 29.0 Å². The van der Waals surface area contributed by atoms with Crippen LogP contribution in [0, 0.1) is 6.92 Å². The van der Waals surface area contributed by atoms with Crippen LogP contribution < -0.4 is 5.32 Å². The van der Waals surface area contributed by atoms with Gasteiger partial charge in [0.2, 0.25) is 0 Å². The van der Waals surface area contributed by atoms with Gasteiger partial charge in [-0.25, -0.2) is 4.99 Å². The topological polar surface area (TPSA) is 32.6 Å². The van der Waals surface area contributed by atoms with Crippen LogP contribution >= 0.6 is 24.0 Å². The number of aryl methyl sites for hydroxylation is 2. The molecular weight excluding hydrogens is 399 g/mol. The molecule has 1 N–H and O–H groups in total. The highest BCUT2D eigenvalue weighted by Crippen LogP contribution is 2.07. The summed E-state index contributed by atoms with van der Waals surface area (Å²) in [4.78, 5) is 6.91. The minimum Gasteiger partial charge on any atom is -0.357 e. The number of hydrogen-bond donors (Lipinski definition) is 1. The predicted molar refractivity (Wildman–Crippen MR) is 108 cm³/mol. The summed E-state index contributed by atoms with van der Waals surface area (Å²) in [6, 6.07) is 12.7. The van der Waals surface area contributed by atoms with Gasteiger partial charge in [0.25, 0.3) is 0 Å². The summed E-state index contributed by atoms with van der Waals surface area (Å²) >= 11 is 0. The van der Waals surface area contributed by atoms with Crippen molar-refractivity contribution in [3.05, 3.63) is 59.4 Å². The molecule has 0 aliphatic heterocycles. The number of hydrogen-bond acceptors (Lipinski definition) is 1. The zero-order valence-electron chi connectivity index (χ0n) is 14.4. The number of aliphatic imine (C=N–C) groups is 1. The number of benzene rings is 1. The van der Waals surface area contributed by atoms with Crippen molar-refractivity contribution >= 4 is 29.9 Å². The predicted octanol–water partition coefficient (Wildman–Crippen LogP) is 3.55. The van der Waals surface area contributed by atoms with Gasteiger partial charge in [-0.15, -0.1) is 24.0 Å². The first kappa shape index (κ1) is 19.5. The minimum absolute atomic E-state index is 0. The second-order valence-corrected chi connectivity index (χ2v) is 5.62. The highest BCUT2D eigenvalue weighted by atomic mass is 127. The summed E-state index contributed by atoms with van der Waals surface area (Å²) in [6.45, 7) is 6.59. The van der Waals surface area contributed by atoms with E-state index in [4.69, 9.17) is 4.99 Å². The van der Waals surface area contributed by atoms with Crippen LogP contribution in [0.3, 0.4) is 0 Å². The van der Waals surface area contributed by atoms with Crippen molar-refractivity contribution in [2.24, 2.45) is 12.0 Å². The number of nitrogens with one attached hydrogen (secondary N) is 1. The van der Waals surface area contributed by atoms with Crippen molar-refractivity contribution in [3.8, 4) is 0 Å². The van der Waals surface area contributed by atoms with E-state index in [1.54, 1.807) is 0 Å². The highest BCUT2D eigenvalue weighted by Gasteiger charge is 2.08. The van der Waals surface area contributed by atoms with Gasteiger partial charge >= 0.3 is 0 Å². The lowest BCUT2D eigenvalue weighted by molar-refractivity contribution is 0.462. The highest BCUT2D eigenvalue weighted by molar-refractivity contribution is 14.0. The lowest BCUT2D eigenvalue weighted by Crippen LogP contribution is -2.38. The van der Waals surface area contributed by atoms with Crippen molar-refractivity contribution in [1.29, 1.82) is 0 Å². The molecule has 0 saturated heterocycles. The molecular formula is C18H27IN4. The Morgan fingerprint density at radius 3 is 2.48 bits per heavy atom. The standard InChI is InChI=1S/C18H26N4.HI/c1-5-19-18(20-13-16-10-8-15(2)9-11-16)22(4)14-17-7-6-12-21(17)3;/h6-12H,5,13-14H2,1-4H3,(H,19,20);1H. The summed E-state index contributed by atoms with van der Waals surface area (Å²) in [5.41, 5.74) is 3.78. The smallest absolute Gasteiger partial charge is 0.194 e. The van der Waals surface area contributed by atoms with Crippen molar-refractivity contribution < 1.29 is 0 Å². The van der Waals surface area contributed by atoms with Gasteiger partial charge in [-0.3, -0.25) is 0 Å². The van der Waals surface area contributed by atoms with Gasteiger partial charge in [0.1, 0.15) is 0 Å². The van der Waals surface area contributed by atoms with Crippen molar-refractivity contribution in [2.75, 3.05) is 13.6 Å². The van der Waals surface area contributed by atoms with Crippen LogP contribution in [0.2, 0.25) is 0 Å². The first-order chi connectivity index (χ1) is 10.6. The Balaban J connectivity index is 0.00000264. The molecule has 0 aliphatic carbocycles. The number of nitrogens with zero attached hydrogens (tertiary/aromatic N) is 3. The zero-order valence-corrected chi connectivity index (χ0v) is 16.7. The van der Waals surface area contributed by atoms with Crippen LogP contribution in [0.4, 0.5) is 0 Å². The number of rotatable bonds is 5. The first-order valence-corrected chi connectivity index (χ1v) is 7.75. The van der Waals surface area contributed by atoms with E-state index in [9.17, 15) is 0 Å². The van der Waals surface area contributed by atoms with Crippen molar-refractivity contribution in [2.45, 2.75) is 26.9 Å². The van der Waals surface area contributed by atoms with Crippen LogP contribution in [0.15, 0.2) is 47.6 Å².